The van der Waals surface area contributed by atoms with Gasteiger partial charge in [0, 0.05) is 29.3 Å². The van der Waals surface area contributed by atoms with E-state index in [2.05, 4.69) is 17.6 Å². The van der Waals surface area contributed by atoms with Gasteiger partial charge in [0.1, 0.15) is 17.2 Å². The third-order valence-electron chi connectivity index (χ3n) is 5.75. The predicted octanol–water partition coefficient (Wildman–Crippen LogP) is 7.27. The number of unbranched alkanes of at least 4 members (excludes halogenated alkanes) is 4. The fourth-order valence-corrected chi connectivity index (χ4v) is 3.74. The van der Waals surface area contributed by atoms with Crippen molar-refractivity contribution in [2.75, 3.05) is 17.2 Å². The summed E-state index contributed by atoms with van der Waals surface area (Å²) in [5.74, 6) is -0.592. The Morgan fingerprint density at radius 3 is 2.41 bits per heavy atom. The molecule has 1 amide bonds. The minimum Gasteiger partial charge on any atom is -0.456 e. The number of hydrogen-bond acceptors (Lipinski definition) is 4. The van der Waals surface area contributed by atoms with Crippen LogP contribution < -0.4 is 16.1 Å². The summed E-state index contributed by atoms with van der Waals surface area (Å²) in [7, 11) is 0. The number of fused-ring (bicyclic) bond motifs is 1. The van der Waals surface area contributed by atoms with Gasteiger partial charge in [-0.25, -0.2) is 4.39 Å². The van der Waals surface area contributed by atoms with Crippen molar-refractivity contribution in [1.82, 2.24) is 0 Å². The maximum Gasteiger partial charge on any atom is 0.229 e. The quantitative estimate of drug-likeness (QED) is 0.325. The van der Waals surface area contributed by atoms with E-state index in [0.29, 0.717) is 16.5 Å². The molecule has 0 aliphatic heterocycles. The first-order valence-corrected chi connectivity index (χ1v) is 12.0. The van der Waals surface area contributed by atoms with Crippen LogP contribution in [0.5, 0.6) is 0 Å². The van der Waals surface area contributed by atoms with Gasteiger partial charge in [-0.1, -0.05) is 53.4 Å². The summed E-state index contributed by atoms with van der Waals surface area (Å²) in [6, 6.07) is 9.56. The lowest BCUT2D eigenvalue weighted by Gasteiger charge is -2.18. The molecule has 6 heteroatoms. The van der Waals surface area contributed by atoms with Crippen LogP contribution in [-0.2, 0) is 4.79 Å². The minimum atomic E-state index is -0.643. The molecule has 34 heavy (non-hydrogen) atoms. The maximum absolute atomic E-state index is 14.7. The highest BCUT2D eigenvalue weighted by molar-refractivity contribution is 5.95. The standard InChI is InChI=1S/C28H35FN2O3/c1-6-7-8-9-10-13-30-22-14-18(2)15-25-26(22)23(32)17-24(34-25)19-11-12-21(20(29)16-19)31-27(33)28(3,4)5/h11-12,14-17,30H,6-10,13H2,1-5H3,(H,31,33). The second kappa shape index (κ2) is 10.9. The van der Waals surface area contributed by atoms with Gasteiger partial charge in [-0.05, 0) is 49.2 Å². The minimum absolute atomic E-state index is 0.0908. The van der Waals surface area contributed by atoms with Crippen LogP contribution >= 0.6 is 0 Å². The number of amides is 1. The van der Waals surface area contributed by atoms with E-state index in [4.69, 9.17) is 4.42 Å². The maximum atomic E-state index is 14.7. The zero-order chi connectivity index (χ0) is 24.9. The summed E-state index contributed by atoms with van der Waals surface area (Å²) in [6.07, 6.45) is 5.85. The normalized spacial score (nSPS) is 11.6. The van der Waals surface area contributed by atoms with E-state index in [1.165, 1.54) is 37.5 Å². The lowest BCUT2D eigenvalue weighted by Crippen LogP contribution is -2.28. The molecule has 2 N–H and O–H groups in total. The number of carbonyl (C=O) groups excluding carboxylic acids is 1. The Bertz CT molecular complexity index is 1220. The number of rotatable bonds is 9. The van der Waals surface area contributed by atoms with Crippen molar-refractivity contribution in [3.63, 3.8) is 0 Å². The van der Waals surface area contributed by atoms with Gasteiger partial charge in [-0.2, -0.15) is 0 Å². The number of anilines is 2. The summed E-state index contributed by atoms with van der Waals surface area (Å²) in [5.41, 5.74) is 1.88. The summed E-state index contributed by atoms with van der Waals surface area (Å²) < 4.78 is 20.8. The highest BCUT2D eigenvalue weighted by Gasteiger charge is 2.22. The van der Waals surface area contributed by atoms with Crippen LogP contribution in [0.25, 0.3) is 22.3 Å². The molecule has 0 spiro atoms. The van der Waals surface area contributed by atoms with Crippen molar-refractivity contribution < 1.29 is 13.6 Å². The monoisotopic (exact) mass is 466 g/mol. The predicted molar refractivity (Wildman–Crippen MR) is 138 cm³/mol. The molecule has 0 saturated heterocycles. The lowest BCUT2D eigenvalue weighted by molar-refractivity contribution is -0.123. The van der Waals surface area contributed by atoms with Crippen molar-refractivity contribution in [3.8, 4) is 11.3 Å². The smallest absolute Gasteiger partial charge is 0.229 e. The summed E-state index contributed by atoms with van der Waals surface area (Å²) in [5, 5.41) is 6.50. The molecule has 0 bridgehead atoms. The molecule has 0 fully saturated rings. The van der Waals surface area contributed by atoms with Crippen LogP contribution in [0.3, 0.4) is 0 Å². The van der Waals surface area contributed by atoms with E-state index in [1.807, 2.05) is 19.1 Å². The first-order chi connectivity index (χ1) is 16.1. The summed E-state index contributed by atoms with van der Waals surface area (Å²) in [6.45, 7) is 10.2. The Hall–Kier alpha value is -3.15. The van der Waals surface area contributed by atoms with Crippen molar-refractivity contribution in [3.05, 3.63) is 58.0 Å². The van der Waals surface area contributed by atoms with Crippen LogP contribution in [0.2, 0.25) is 0 Å². The highest BCUT2D eigenvalue weighted by Crippen LogP contribution is 2.30. The number of carbonyl (C=O) groups is 1. The van der Waals surface area contributed by atoms with E-state index < -0.39 is 11.2 Å². The van der Waals surface area contributed by atoms with E-state index in [0.717, 1.165) is 30.6 Å². The third-order valence-corrected chi connectivity index (χ3v) is 5.75. The molecule has 3 rings (SSSR count). The first kappa shape index (κ1) is 25.5. The van der Waals surface area contributed by atoms with Gasteiger partial charge in [0.25, 0.3) is 0 Å². The molecule has 2 aromatic carbocycles. The zero-order valence-corrected chi connectivity index (χ0v) is 20.8. The Kier molecular flexibility index (Phi) is 8.13. The molecule has 0 saturated carbocycles. The number of aryl methyl sites for hydroxylation is 1. The SMILES string of the molecule is CCCCCCCNc1cc(C)cc2oc(-c3ccc(NC(=O)C(C)(C)C)c(F)c3)cc(=O)c12. The average molecular weight is 467 g/mol. The van der Waals surface area contributed by atoms with Gasteiger partial charge in [0.2, 0.25) is 5.91 Å². The zero-order valence-electron chi connectivity index (χ0n) is 20.8. The van der Waals surface area contributed by atoms with Gasteiger partial charge in [0.15, 0.2) is 5.43 Å². The Balaban J connectivity index is 1.87. The molecule has 0 aliphatic rings. The molecular weight excluding hydrogens is 431 g/mol. The van der Waals surface area contributed by atoms with Gasteiger partial charge in [-0.15, -0.1) is 0 Å². The number of halogens is 1. The van der Waals surface area contributed by atoms with E-state index >= 15 is 0 Å². The van der Waals surface area contributed by atoms with Crippen molar-refractivity contribution in [2.45, 2.75) is 66.7 Å². The van der Waals surface area contributed by atoms with Crippen LogP contribution in [-0.4, -0.2) is 12.5 Å². The molecule has 1 heterocycles. The molecular formula is C28H35FN2O3. The van der Waals surface area contributed by atoms with Crippen molar-refractivity contribution in [2.24, 2.45) is 5.41 Å². The summed E-state index contributed by atoms with van der Waals surface area (Å²) in [4.78, 5) is 25.2. The molecule has 182 valence electrons. The second-order valence-corrected chi connectivity index (χ2v) is 9.90. The number of hydrogen-bond donors (Lipinski definition) is 2. The van der Waals surface area contributed by atoms with E-state index in [1.54, 1.807) is 26.8 Å². The molecule has 0 radical (unpaired) electrons. The van der Waals surface area contributed by atoms with Crippen LogP contribution in [0.1, 0.15) is 65.4 Å². The third kappa shape index (κ3) is 6.25. The molecule has 0 aliphatic carbocycles. The molecule has 0 unspecified atom stereocenters. The molecule has 5 nitrogen and oxygen atoms in total. The van der Waals surface area contributed by atoms with Crippen LogP contribution in [0.4, 0.5) is 15.8 Å². The van der Waals surface area contributed by atoms with E-state index in [9.17, 15) is 14.0 Å². The second-order valence-electron chi connectivity index (χ2n) is 9.90. The van der Waals surface area contributed by atoms with Gasteiger partial charge in [0.05, 0.1) is 11.1 Å². The van der Waals surface area contributed by atoms with Gasteiger partial charge < -0.3 is 15.1 Å². The number of benzene rings is 2. The Labute approximate surface area is 200 Å². The topological polar surface area (TPSA) is 71.3 Å². The van der Waals surface area contributed by atoms with Crippen LogP contribution in [0.15, 0.2) is 45.6 Å². The molecule has 3 aromatic rings. The molecule has 1 aromatic heterocycles. The lowest BCUT2D eigenvalue weighted by atomic mass is 9.95. The fourth-order valence-electron chi connectivity index (χ4n) is 3.74. The van der Waals surface area contributed by atoms with E-state index in [-0.39, 0.29) is 22.8 Å². The fraction of sp³-hybridized carbons (Fsp3) is 0.429. The first-order valence-electron chi connectivity index (χ1n) is 12.0. The Morgan fingerprint density at radius 1 is 1.00 bits per heavy atom. The van der Waals surface area contributed by atoms with Crippen molar-refractivity contribution in [1.29, 1.82) is 0 Å². The van der Waals surface area contributed by atoms with Crippen molar-refractivity contribution >= 4 is 28.3 Å². The average Bonchev–Trinajstić information content (AvgIpc) is 2.76. The van der Waals surface area contributed by atoms with Gasteiger partial charge >= 0.3 is 0 Å². The molecule has 0 atom stereocenters. The summed E-state index contributed by atoms with van der Waals surface area (Å²) >= 11 is 0. The van der Waals surface area contributed by atoms with Gasteiger partial charge in [-0.3, -0.25) is 9.59 Å². The number of nitrogens with one attached hydrogen (secondary N) is 2. The van der Waals surface area contributed by atoms with Crippen LogP contribution in [0, 0.1) is 18.2 Å². The Morgan fingerprint density at radius 2 is 1.74 bits per heavy atom. The largest absolute Gasteiger partial charge is 0.456 e. The highest BCUT2D eigenvalue weighted by atomic mass is 19.1.